The molecule has 1 fully saturated rings. The van der Waals surface area contributed by atoms with Gasteiger partial charge >= 0.3 is 5.97 Å². The first-order valence-electron chi connectivity index (χ1n) is 7.96. The van der Waals surface area contributed by atoms with Gasteiger partial charge in [-0.2, -0.15) is 0 Å². The Labute approximate surface area is 136 Å². The fourth-order valence-corrected chi connectivity index (χ4v) is 3.03. The number of piperidine rings is 1. The van der Waals surface area contributed by atoms with Gasteiger partial charge in [-0.05, 0) is 45.1 Å². The number of ether oxygens (including phenoxy) is 1. The van der Waals surface area contributed by atoms with Crippen LogP contribution in [0, 0.1) is 19.8 Å². The Morgan fingerprint density at radius 2 is 1.83 bits per heavy atom. The maximum atomic E-state index is 12.2. The second kappa shape index (κ2) is 6.98. The highest BCUT2D eigenvalue weighted by Crippen LogP contribution is 2.19. The summed E-state index contributed by atoms with van der Waals surface area (Å²) < 4.78 is 5.13. The number of hydrogen-bond acceptors (Lipinski definition) is 4. The summed E-state index contributed by atoms with van der Waals surface area (Å²) in [5, 5.41) is 0. The van der Waals surface area contributed by atoms with Crippen LogP contribution in [0.5, 0.6) is 0 Å². The van der Waals surface area contributed by atoms with Crippen molar-refractivity contribution >= 4 is 17.7 Å². The van der Waals surface area contributed by atoms with Gasteiger partial charge in [0.1, 0.15) is 5.69 Å². The Bertz CT molecular complexity index is 625. The van der Waals surface area contributed by atoms with Crippen molar-refractivity contribution in [1.29, 1.82) is 0 Å². The second-order valence-electron chi connectivity index (χ2n) is 6.32. The quantitative estimate of drug-likeness (QED) is 0.681. The zero-order chi connectivity index (χ0) is 17.1. The Kier molecular flexibility index (Phi) is 5.23. The first kappa shape index (κ1) is 17.2. The molecule has 2 rings (SSSR count). The highest BCUT2D eigenvalue weighted by atomic mass is 16.5. The normalized spacial score (nSPS) is 15.6. The van der Waals surface area contributed by atoms with Crippen molar-refractivity contribution < 1.29 is 19.1 Å². The van der Waals surface area contributed by atoms with Crippen LogP contribution in [0.3, 0.4) is 0 Å². The van der Waals surface area contributed by atoms with Crippen molar-refractivity contribution in [3.05, 3.63) is 22.5 Å². The van der Waals surface area contributed by atoms with Gasteiger partial charge in [0.25, 0.3) is 5.91 Å². The van der Waals surface area contributed by atoms with Gasteiger partial charge in [0, 0.05) is 24.3 Å². The Hall–Kier alpha value is -2.11. The molecule has 0 aliphatic carbocycles. The molecule has 0 saturated carbocycles. The van der Waals surface area contributed by atoms with E-state index in [-0.39, 0.29) is 24.0 Å². The summed E-state index contributed by atoms with van der Waals surface area (Å²) in [5.41, 5.74) is 1.96. The number of amides is 1. The molecule has 6 nitrogen and oxygen atoms in total. The van der Waals surface area contributed by atoms with E-state index in [1.807, 2.05) is 0 Å². The molecular formula is C17H24N2O4. The molecule has 1 aliphatic rings. The number of nitrogens with zero attached hydrogens (tertiary/aromatic N) is 1. The van der Waals surface area contributed by atoms with Crippen LogP contribution in [0.25, 0.3) is 0 Å². The predicted molar refractivity (Wildman–Crippen MR) is 85.5 cm³/mol. The van der Waals surface area contributed by atoms with E-state index in [2.05, 4.69) is 11.9 Å². The highest BCUT2D eigenvalue weighted by molar-refractivity contribution is 6.01. The van der Waals surface area contributed by atoms with Crippen LogP contribution in [0.1, 0.15) is 58.8 Å². The molecule has 1 amide bonds. The van der Waals surface area contributed by atoms with Crippen molar-refractivity contribution in [3.8, 4) is 0 Å². The molecule has 23 heavy (non-hydrogen) atoms. The van der Waals surface area contributed by atoms with Crippen molar-refractivity contribution in [1.82, 2.24) is 9.88 Å². The minimum atomic E-state index is -0.600. The number of rotatable bonds is 4. The number of nitrogens with one attached hydrogen (secondary N) is 1. The summed E-state index contributed by atoms with van der Waals surface area (Å²) in [6.07, 6.45) is 1.97. The predicted octanol–water partition coefficient (Wildman–Crippen LogP) is 2.25. The zero-order valence-electron chi connectivity index (χ0n) is 14.2. The lowest BCUT2D eigenvalue weighted by Gasteiger charge is -2.30. The minimum absolute atomic E-state index is 0.103. The lowest BCUT2D eigenvalue weighted by molar-refractivity contribution is -0.135. The standard InChI is InChI=1S/C17H24N2O4/c1-10-5-7-19(8-6-10)14(21)9-23-17(22)16-11(2)15(13(4)20)12(3)18-16/h10,18H,5-9H2,1-4H3. The SMILES string of the molecule is CC(=O)c1c(C)[nH]c(C(=O)OCC(=O)N2CCC(C)CC2)c1C. The number of aromatic amines is 1. The number of hydrogen-bond donors (Lipinski definition) is 1. The van der Waals surface area contributed by atoms with Crippen molar-refractivity contribution in [3.63, 3.8) is 0 Å². The molecule has 1 N–H and O–H groups in total. The molecule has 2 heterocycles. The maximum Gasteiger partial charge on any atom is 0.355 e. The molecule has 0 atom stereocenters. The average molecular weight is 320 g/mol. The fourth-order valence-electron chi connectivity index (χ4n) is 3.03. The van der Waals surface area contributed by atoms with Gasteiger partial charge in [-0.3, -0.25) is 9.59 Å². The molecule has 0 radical (unpaired) electrons. The third kappa shape index (κ3) is 3.81. The number of esters is 1. The number of aryl methyl sites for hydroxylation is 1. The van der Waals surface area contributed by atoms with E-state index in [0.29, 0.717) is 35.8 Å². The van der Waals surface area contributed by atoms with E-state index in [1.54, 1.807) is 18.7 Å². The van der Waals surface area contributed by atoms with Crippen LogP contribution in [0.4, 0.5) is 0 Å². The first-order chi connectivity index (χ1) is 10.8. The van der Waals surface area contributed by atoms with Gasteiger partial charge in [0.05, 0.1) is 0 Å². The van der Waals surface area contributed by atoms with E-state index in [0.717, 1.165) is 12.8 Å². The molecular weight excluding hydrogens is 296 g/mol. The summed E-state index contributed by atoms with van der Waals surface area (Å²) in [5.74, 6) is -0.236. The summed E-state index contributed by atoms with van der Waals surface area (Å²) >= 11 is 0. The molecule has 126 valence electrons. The summed E-state index contributed by atoms with van der Waals surface area (Å²) in [6.45, 7) is 8.23. The summed E-state index contributed by atoms with van der Waals surface area (Å²) in [6, 6.07) is 0. The lowest BCUT2D eigenvalue weighted by Crippen LogP contribution is -2.40. The molecule has 0 aromatic carbocycles. The molecule has 1 saturated heterocycles. The molecule has 1 aliphatic heterocycles. The van der Waals surface area contributed by atoms with Crippen molar-refractivity contribution in [2.75, 3.05) is 19.7 Å². The molecule has 6 heteroatoms. The van der Waals surface area contributed by atoms with Crippen molar-refractivity contribution in [2.24, 2.45) is 5.92 Å². The molecule has 0 spiro atoms. The highest BCUT2D eigenvalue weighted by Gasteiger charge is 2.24. The largest absolute Gasteiger partial charge is 0.451 e. The number of carbonyl (C=O) groups excluding carboxylic acids is 3. The average Bonchev–Trinajstić information content (AvgIpc) is 2.80. The number of H-pyrrole nitrogens is 1. The molecule has 1 aromatic heterocycles. The zero-order valence-corrected chi connectivity index (χ0v) is 14.2. The molecule has 0 bridgehead atoms. The number of likely N-dealkylation sites (tertiary alicyclic amines) is 1. The minimum Gasteiger partial charge on any atom is -0.451 e. The van der Waals surface area contributed by atoms with Gasteiger partial charge in [0.15, 0.2) is 12.4 Å². The summed E-state index contributed by atoms with van der Waals surface area (Å²) in [7, 11) is 0. The Morgan fingerprint density at radius 3 is 2.35 bits per heavy atom. The number of carbonyl (C=O) groups is 3. The monoisotopic (exact) mass is 320 g/mol. The molecule has 0 unspecified atom stereocenters. The lowest BCUT2D eigenvalue weighted by atomic mass is 9.99. The van der Waals surface area contributed by atoms with Crippen LogP contribution >= 0.6 is 0 Å². The van der Waals surface area contributed by atoms with Crippen LogP contribution in [-0.4, -0.2) is 47.2 Å². The van der Waals surface area contributed by atoms with E-state index >= 15 is 0 Å². The first-order valence-corrected chi connectivity index (χ1v) is 7.96. The van der Waals surface area contributed by atoms with Gasteiger partial charge < -0.3 is 14.6 Å². The van der Waals surface area contributed by atoms with E-state index in [1.165, 1.54) is 6.92 Å². The number of aromatic nitrogens is 1. The van der Waals surface area contributed by atoms with Gasteiger partial charge in [-0.1, -0.05) is 6.92 Å². The topological polar surface area (TPSA) is 79.5 Å². The van der Waals surface area contributed by atoms with Gasteiger partial charge in [0.2, 0.25) is 0 Å². The van der Waals surface area contributed by atoms with E-state index < -0.39 is 5.97 Å². The number of ketones is 1. The Morgan fingerprint density at radius 1 is 1.22 bits per heavy atom. The van der Waals surface area contributed by atoms with Gasteiger partial charge in [-0.15, -0.1) is 0 Å². The summed E-state index contributed by atoms with van der Waals surface area (Å²) in [4.78, 5) is 40.5. The molecule has 1 aromatic rings. The van der Waals surface area contributed by atoms with E-state index in [4.69, 9.17) is 4.74 Å². The van der Waals surface area contributed by atoms with Crippen molar-refractivity contribution in [2.45, 2.75) is 40.5 Å². The third-order valence-electron chi connectivity index (χ3n) is 4.46. The van der Waals surface area contributed by atoms with Gasteiger partial charge in [-0.25, -0.2) is 4.79 Å². The number of Topliss-reactive ketones (excluding diaryl/α,β-unsaturated/α-hetero) is 1. The second-order valence-corrected chi connectivity index (χ2v) is 6.32. The van der Waals surface area contributed by atoms with Crippen LogP contribution in [0.15, 0.2) is 0 Å². The van der Waals surface area contributed by atoms with E-state index in [9.17, 15) is 14.4 Å². The third-order valence-corrected chi connectivity index (χ3v) is 4.46. The Balaban J connectivity index is 1.96. The maximum absolute atomic E-state index is 12.2. The fraction of sp³-hybridized carbons (Fsp3) is 0.588. The van der Waals surface area contributed by atoms with Crippen LogP contribution in [-0.2, 0) is 9.53 Å². The van der Waals surface area contributed by atoms with Crippen LogP contribution < -0.4 is 0 Å². The smallest absolute Gasteiger partial charge is 0.355 e. The van der Waals surface area contributed by atoms with Crippen LogP contribution in [0.2, 0.25) is 0 Å².